The van der Waals surface area contributed by atoms with Crippen LogP contribution in [0.5, 0.6) is 5.75 Å². The molecule has 1 aliphatic heterocycles. The maximum Gasteiger partial charge on any atom is 0.191 e. The van der Waals surface area contributed by atoms with Gasteiger partial charge in [0.1, 0.15) is 5.75 Å². The molecule has 0 radical (unpaired) electrons. The molecule has 0 saturated carbocycles. The van der Waals surface area contributed by atoms with Crippen LogP contribution in [0.1, 0.15) is 31.7 Å². The Bertz CT molecular complexity index is 551. The van der Waals surface area contributed by atoms with E-state index in [1.165, 1.54) is 5.56 Å². The Morgan fingerprint density at radius 1 is 1.29 bits per heavy atom. The van der Waals surface area contributed by atoms with E-state index in [0.717, 1.165) is 83.5 Å². The first kappa shape index (κ1) is 25.0. The van der Waals surface area contributed by atoms with Gasteiger partial charge in [0.15, 0.2) is 5.96 Å². The van der Waals surface area contributed by atoms with E-state index in [1.54, 1.807) is 7.11 Å². The van der Waals surface area contributed by atoms with Crippen LogP contribution in [0.25, 0.3) is 0 Å². The van der Waals surface area contributed by atoms with Crippen molar-refractivity contribution in [2.75, 3.05) is 53.2 Å². The Balaban J connectivity index is 0.00000392. The van der Waals surface area contributed by atoms with Crippen LogP contribution in [0.2, 0.25) is 0 Å². The SMILES string of the molecule is CCNC(=NCCCc1cccc(OC)c1)NCCCOCC1CCOC1.I. The van der Waals surface area contributed by atoms with Crippen LogP contribution in [0.4, 0.5) is 0 Å². The van der Waals surface area contributed by atoms with Crippen molar-refractivity contribution in [1.82, 2.24) is 10.6 Å². The van der Waals surface area contributed by atoms with Gasteiger partial charge in [0.25, 0.3) is 0 Å². The molecular weight excluding hydrogens is 469 g/mol. The van der Waals surface area contributed by atoms with E-state index in [9.17, 15) is 0 Å². The first-order valence-corrected chi connectivity index (χ1v) is 10.1. The standard InChI is InChI=1S/C21H35N3O3.HI/c1-3-22-21(24-12-6-13-26-16-19-10-14-27-17-19)23-11-5-8-18-7-4-9-20(15-18)25-2;/h4,7,9,15,19H,3,5-6,8,10-14,16-17H2,1-2H3,(H2,22,23,24);1H. The minimum atomic E-state index is 0. The summed E-state index contributed by atoms with van der Waals surface area (Å²) in [6.45, 7) is 7.94. The predicted molar refractivity (Wildman–Crippen MR) is 125 cm³/mol. The summed E-state index contributed by atoms with van der Waals surface area (Å²) >= 11 is 0. The zero-order valence-corrected chi connectivity index (χ0v) is 19.6. The molecule has 1 aromatic carbocycles. The number of nitrogens with one attached hydrogen (secondary N) is 2. The lowest BCUT2D eigenvalue weighted by molar-refractivity contribution is 0.0888. The summed E-state index contributed by atoms with van der Waals surface area (Å²) in [5, 5.41) is 6.68. The number of methoxy groups -OCH3 is 1. The lowest BCUT2D eigenvalue weighted by Gasteiger charge is -2.12. The summed E-state index contributed by atoms with van der Waals surface area (Å²) in [5.41, 5.74) is 1.28. The number of benzene rings is 1. The fraction of sp³-hybridized carbons (Fsp3) is 0.667. The second-order valence-corrected chi connectivity index (χ2v) is 6.80. The normalized spacial score (nSPS) is 16.5. The van der Waals surface area contributed by atoms with Gasteiger partial charge < -0.3 is 24.8 Å². The largest absolute Gasteiger partial charge is 0.497 e. The van der Waals surface area contributed by atoms with Crippen LogP contribution >= 0.6 is 24.0 Å². The minimum Gasteiger partial charge on any atom is -0.497 e. The van der Waals surface area contributed by atoms with E-state index in [2.05, 4.69) is 34.7 Å². The fourth-order valence-electron chi connectivity index (χ4n) is 2.99. The molecule has 0 bridgehead atoms. The second-order valence-electron chi connectivity index (χ2n) is 6.80. The summed E-state index contributed by atoms with van der Waals surface area (Å²) < 4.78 is 16.4. The van der Waals surface area contributed by atoms with Crippen LogP contribution in [0.15, 0.2) is 29.3 Å². The molecule has 0 amide bonds. The smallest absolute Gasteiger partial charge is 0.191 e. The number of aryl methyl sites for hydroxylation is 1. The van der Waals surface area contributed by atoms with Gasteiger partial charge in [-0.1, -0.05) is 12.1 Å². The molecule has 28 heavy (non-hydrogen) atoms. The zero-order valence-electron chi connectivity index (χ0n) is 17.2. The van der Waals surface area contributed by atoms with Crippen molar-refractivity contribution in [3.05, 3.63) is 29.8 Å². The predicted octanol–water partition coefficient (Wildman–Crippen LogP) is 3.24. The molecular formula is C21H36IN3O3. The molecule has 0 aromatic heterocycles. The molecule has 1 aromatic rings. The lowest BCUT2D eigenvalue weighted by Crippen LogP contribution is -2.38. The third-order valence-corrected chi connectivity index (χ3v) is 4.51. The molecule has 1 heterocycles. The van der Waals surface area contributed by atoms with Crippen molar-refractivity contribution < 1.29 is 14.2 Å². The van der Waals surface area contributed by atoms with Gasteiger partial charge in [-0.05, 0) is 50.3 Å². The molecule has 2 N–H and O–H groups in total. The molecule has 0 aliphatic carbocycles. The molecule has 7 heteroatoms. The van der Waals surface area contributed by atoms with Crippen molar-refractivity contribution in [2.24, 2.45) is 10.9 Å². The quantitative estimate of drug-likeness (QED) is 0.198. The molecule has 160 valence electrons. The van der Waals surface area contributed by atoms with Crippen molar-refractivity contribution >= 4 is 29.9 Å². The molecule has 1 saturated heterocycles. The van der Waals surface area contributed by atoms with Crippen molar-refractivity contribution in [3.8, 4) is 5.75 Å². The highest BCUT2D eigenvalue weighted by Gasteiger charge is 2.15. The summed E-state index contributed by atoms with van der Waals surface area (Å²) in [6, 6.07) is 8.23. The van der Waals surface area contributed by atoms with E-state index in [-0.39, 0.29) is 24.0 Å². The molecule has 1 fully saturated rings. The maximum absolute atomic E-state index is 5.74. The minimum absolute atomic E-state index is 0. The summed E-state index contributed by atoms with van der Waals surface area (Å²) in [5.74, 6) is 2.38. The molecule has 1 unspecified atom stereocenters. The number of halogens is 1. The fourth-order valence-corrected chi connectivity index (χ4v) is 2.99. The number of aliphatic imine (C=N–C) groups is 1. The Morgan fingerprint density at radius 3 is 2.93 bits per heavy atom. The van der Waals surface area contributed by atoms with Crippen molar-refractivity contribution in [3.63, 3.8) is 0 Å². The van der Waals surface area contributed by atoms with Gasteiger partial charge in [0.2, 0.25) is 0 Å². The van der Waals surface area contributed by atoms with Crippen LogP contribution in [0, 0.1) is 5.92 Å². The molecule has 2 rings (SSSR count). The summed E-state index contributed by atoms with van der Waals surface area (Å²) in [4.78, 5) is 4.66. The molecule has 6 nitrogen and oxygen atoms in total. The highest BCUT2D eigenvalue weighted by atomic mass is 127. The summed E-state index contributed by atoms with van der Waals surface area (Å²) in [6.07, 6.45) is 4.11. The van der Waals surface area contributed by atoms with Crippen LogP contribution in [0.3, 0.4) is 0 Å². The third-order valence-electron chi connectivity index (χ3n) is 4.51. The monoisotopic (exact) mass is 505 g/mol. The van der Waals surface area contributed by atoms with Gasteiger partial charge in [0.05, 0.1) is 20.3 Å². The third kappa shape index (κ3) is 10.5. The van der Waals surface area contributed by atoms with E-state index < -0.39 is 0 Å². The Kier molecular flexibility index (Phi) is 14.1. The van der Waals surface area contributed by atoms with Gasteiger partial charge in [-0.2, -0.15) is 0 Å². The topological polar surface area (TPSA) is 64.1 Å². The maximum atomic E-state index is 5.74. The molecule has 1 atom stereocenters. The van der Waals surface area contributed by atoms with E-state index in [0.29, 0.717) is 5.92 Å². The number of hydrogen-bond donors (Lipinski definition) is 2. The Labute approximate surface area is 186 Å². The van der Waals surface area contributed by atoms with Crippen LogP contribution in [-0.2, 0) is 15.9 Å². The number of rotatable bonds is 12. The molecule has 1 aliphatic rings. The Morgan fingerprint density at radius 2 is 2.18 bits per heavy atom. The molecule has 0 spiro atoms. The van der Waals surface area contributed by atoms with E-state index in [1.807, 2.05) is 12.1 Å². The van der Waals surface area contributed by atoms with Gasteiger partial charge in [-0.3, -0.25) is 4.99 Å². The van der Waals surface area contributed by atoms with Gasteiger partial charge in [-0.15, -0.1) is 24.0 Å². The van der Waals surface area contributed by atoms with Gasteiger partial charge >= 0.3 is 0 Å². The average Bonchev–Trinajstić information content (AvgIpc) is 3.21. The van der Waals surface area contributed by atoms with Crippen molar-refractivity contribution in [1.29, 1.82) is 0 Å². The van der Waals surface area contributed by atoms with Gasteiger partial charge in [-0.25, -0.2) is 0 Å². The highest BCUT2D eigenvalue weighted by molar-refractivity contribution is 14.0. The first-order valence-electron chi connectivity index (χ1n) is 10.1. The highest BCUT2D eigenvalue weighted by Crippen LogP contribution is 2.14. The van der Waals surface area contributed by atoms with E-state index in [4.69, 9.17) is 14.2 Å². The second kappa shape index (κ2) is 15.8. The number of nitrogens with zero attached hydrogens (tertiary/aromatic N) is 1. The summed E-state index contributed by atoms with van der Waals surface area (Å²) in [7, 11) is 1.70. The van der Waals surface area contributed by atoms with Crippen molar-refractivity contribution in [2.45, 2.75) is 32.6 Å². The van der Waals surface area contributed by atoms with Crippen LogP contribution < -0.4 is 15.4 Å². The number of hydrogen-bond acceptors (Lipinski definition) is 4. The van der Waals surface area contributed by atoms with Crippen LogP contribution in [-0.4, -0.2) is 59.1 Å². The lowest BCUT2D eigenvalue weighted by atomic mass is 10.1. The number of guanidine groups is 1. The zero-order chi connectivity index (χ0) is 19.2. The first-order chi connectivity index (χ1) is 13.3. The Hall–Kier alpha value is -1.06. The van der Waals surface area contributed by atoms with Gasteiger partial charge in [0, 0.05) is 38.8 Å². The van der Waals surface area contributed by atoms with E-state index >= 15 is 0 Å². The number of ether oxygens (including phenoxy) is 3. The average molecular weight is 505 g/mol.